The maximum Gasteiger partial charge on any atom is 0.251 e. The first-order valence-corrected chi connectivity index (χ1v) is 9.04. The van der Waals surface area contributed by atoms with Gasteiger partial charge in [0.25, 0.3) is 5.91 Å². The first-order chi connectivity index (χ1) is 13.5. The largest absolute Gasteiger partial charge is 0.343 e. The molecule has 0 spiro atoms. The van der Waals surface area contributed by atoms with Gasteiger partial charge in [-0.1, -0.05) is 36.3 Å². The summed E-state index contributed by atoms with van der Waals surface area (Å²) in [6.45, 7) is 5.69. The van der Waals surface area contributed by atoms with E-state index >= 15 is 0 Å². The average molecular weight is 378 g/mol. The quantitative estimate of drug-likeness (QED) is 0.686. The van der Waals surface area contributed by atoms with Crippen LogP contribution in [0.15, 0.2) is 47.0 Å². The molecule has 3 aromatic rings. The van der Waals surface area contributed by atoms with Gasteiger partial charge in [0.1, 0.15) is 0 Å². The number of aromatic nitrogens is 2. The molecule has 2 N–H and O–H groups in total. The molecule has 144 valence electrons. The van der Waals surface area contributed by atoms with Crippen molar-refractivity contribution in [2.24, 2.45) is 0 Å². The Labute approximate surface area is 163 Å². The molecule has 7 nitrogen and oxygen atoms in total. The highest BCUT2D eigenvalue weighted by Crippen LogP contribution is 2.17. The van der Waals surface area contributed by atoms with Crippen LogP contribution in [0.3, 0.4) is 0 Å². The lowest BCUT2D eigenvalue weighted by atomic mass is 10.1. The number of anilines is 1. The summed E-state index contributed by atoms with van der Waals surface area (Å²) < 4.78 is 5.09. The fraction of sp³-hybridized carbons (Fsp3) is 0.238. The van der Waals surface area contributed by atoms with Crippen LogP contribution >= 0.6 is 0 Å². The van der Waals surface area contributed by atoms with Gasteiger partial charge in [-0.2, -0.15) is 4.98 Å². The molecule has 0 aliphatic rings. The SMILES string of the molecule is CCc1nc(-c2ccc(C(=O)NCC(=O)Nc3cc(C)ccc3C)cc2)no1. The number of nitrogens with one attached hydrogen (secondary N) is 2. The van der Waals surface area contributed by atoms with Gasteiger partial charge in [0.05, 0.1) is 6.54 Å². The molecule has 1 aromatic heterocycles. The lowest BCUT2D eigenvalue weighted by molar-refractivity contribution is -0.115. The molecular weight excluding hydrogens is 356 g/mol. The maximum atomic E-state index is 12.3. The van der Waals surface area contributed by atoms with Gasteiger partial charge >= 0.3 is 0 Å². The van der Waals surface area contributed by atoms with Crippen LogP contribution in [0.5, 0.6) is 0 Å². The number of hydrogen-bond donors (Lipinski definition) is 2. The number of carbonyl (C=O) groups excluding carboxylic acids is 2. The van der Waals surface area contributed by atoms with Gasteiger partial charge in [-0.05, 0) is 43.2 Å². The van der Waals surface area contributed by atoms with E-state index in [4.69, 9.17) is 4.52 Å². The summed E-state index contributed by atoms with van der Waals surface area (Å²) in [6, 6.07) is 12.6. The number of hydrogen-bond acceptors (Lipinski definition) is 5. The second-order valence-corrected chi connectivity index (χ2v) is 6.49. The Bertz CT molecular complexity index is 993. The van der Waals surface area contributed by atoms with Gasteiger partial charge < -0.3 is 15.2 Å². The lowest BCUT2D eigenvalue weighted by Crippen LogP contribution is -2.33. The fourth-order valence-corrected chi connectivity index (χ4v) is 2.61. The summed E-state index contributed by atoms with van der Waals surface area (Å²) >= 11 is 0. The molecule has 0 saturated carbocycles. The Hall–Kier alpha value is -3.48. The highest BCUT2D eigenvalue weighted by Gasteiger charge is 2.11. The van der Waals surface area contributed by atoms with E-state index < -0.39 is 0 Å². The van der Waals surface area contributed by atoms with Crippen LogP contribution in [0.1, 0.15) is 34.3 Å². The second kappa shape index (κ2) is 8.47. The predicted octanol–water partition coefficient (Wildman–Crippen LogP) is 3.28. The van der Waals surface area contributed by atoms with Crippen LogP contribution in [0.25, 0.3) is 11.4 Å². The molecule has 28 heavy (non-hydrogen) atoms. The van der Waals surface area contributed by atoms with Gasteiger partial charge in [-0.25, -0.2) is 0 Å². The smallest absolute Gasteiger partial charge is 0.251 e. The van der Waals surface area contributed by atoms with Gasteiger partial charge in [0.15, 0.2) is 0 Å². The van der Waals surface area contributed by atoms with E-state index in [2.05, 4.69) is 20.8 Å². The molecule has 0 bridgehead atoms. The topological polar surface area (TPSA) is 97.1 Å². The minimum absolute atomic E-state index is 0.112. The second-order valence-electron chi connectivity index (χ2n) is 6.49. The minimum atomic E-state index is -0.329. The van der Waals surface area contributed by atoms with Crippen molar-refractivity contribution in [3.8, 4) is 11.4 Å². The van der Waals surface area contributed by atoms with Crippen molar-refractivity contribution < 1.29 is 14.1 Å². The molecule has 2 amide bonds. The standard InChI is InChI=1S/C21H22N4O3/c1-4-19-24-20(25-28-19)15-7-9-16(10-8-15)21(27)22-12-18(26)23-17-11-13(2)5-6-14(17)3/h5-11H,4,12H2,1-3H3,(H,22,27)(H,23,26). The van der Waals surface area contributed by atoms with Gasteiger partial charge in [-0.3, -0.25) is 9.59 Å². The van der Waals surface area contributed by atoms with Crippen LogP contribution in [0.2, 0.25) is 0 Å². The van der Waals surface area contributed by atoms with Crippen molar-refractivity contribution >= 4 is 17.5 Å². The maximum absolute atomic E-state index is 12.3. The number of carbonyl (C=O) groups is 2. The molecule has 2 aromatic carbocycles. The zero-order valence-electron chi connectivity index (χ0n) is 16.1. The fourth-order valence-electron chi connectivity index (χ4n) is 2.61. The Balaban J connectivity index is 1.57. The normalized spacial score (nSPS) is 10.5. The summed E-state index contributed by atoms with van der Waals surface area (Å²) in [5, 5.41) is 9.35. The molecule has 0 unspecified atom stereocenters. The van der Waals surface area contributed by atoms with Crippen molar-refractivity contribution in [1.82, 2.24) is 15.5 Å². The highest BCUT2D eigenvalue weighted by atomic mass is 16.5. The summed E-state index contributed by atoms with van der Waals surface area (Å²) in [5.74, 6) is 0.436. The molecule has 0 aliphatic carbocycles. The monoisotopic (exact) mass is 378 g/mol. The van der Waals surface area contributed by atoms with Crippen molar-refractivity contribution in [1.29, 1.82) is 0 Å². The number of aryl methyl sites for hydroxylation is 3. The molecule has 0 radical (unpaired) electrons. The summed E-state index contributed by atoms with van der Waals surface area (Å²) in [7, 11) is 0. The van der Waals surface area contributed by atoms with Crippen LogP contribution in [0.4, 0.5) is 5.69 Å². The van der Waals surface area contributed by atoms with Crippen molar-refractivity contribution in [2.75, 3.05) is 11.9 Å². The van der Waals surface area contributed by atoms with Crippen LogP contribution in [-0.4, -0.2) is 28.5 Å². The third-order valence-electron chi connectivity index (χ3n) is 4.25. The Morgan fingerprint density at radius 2 is 1.82 bits per heavy atom. The van der Waals surface area contributed by atoms with E-state index in [9.17, 15) is 9.59 Å². The van der Waals surface area contributed by atoms with E-state index in [0.717, 1.165) is 22.4 Å². The first kappa shape index (κ1) is 19.3. The van der Waals surface area contributed by atoms with E-state index in [1.807, 2.05) is 39.0 Å². The summed E-state index contributed by atoms with van der Waals surface area (Å²) in [6.07, 6.45) is 0.664. The van der Waals surface area contributed by atoms with Gasteiger partial charge in [-0.15, -0.1) is 0 Å². The molecule has 0 aliphatic heterocycles. The number of nitrogens with zero attached hydrogens (tertiary/aromatic N) is 2. The Morgan fingerprint density at radius 1 is 1.07 bits per heavy atom. The number of amides is 2. The first-order valence-electron chi connectivity index (χ1n) is 9.04. The minimum Gasteiger partial charge on any atom is -0.343 e. The molecule has 0 fully saturated rings. The zero-order valence-corrected chi connectivity index (χ0v) is 16.1. The van der Waals surface area contributed by atoms with Crippen LogP contribution in [0, 0.1) is 13.8 Å². The average Bonchev–Trinajstić information content (AvgIpc) is 3.18. The van der Waals surface area contributed by atoms with Crippen molar-refractivity contribution in [3.05, 3.63) is 65.0 Å². The van der Waals surface area contributed by atoms with Gasteiger partial charge in [0, 0.05) is 23.2 Å². The Kier molecular flexibility index (Phi) is 5.84. The molecule has 0 atom stereocenters. The molecule has 0 saturated heterocycles. The number of benzene rings is 2. The van der Waals surface area contributed by atoms with E-state index in [0.29, 0.717) is 23.7 Å². The van der Waals surface area contributed by atoms with Gasteiger partial charge in [0.2, 0.25) is 17.6 Å². The molecular formula is C21H22N4O3. The van der Waals surface area contributed by atoms with E-state index in [-0.39, 0.29) is 18.4 Å². The highest BCUT2D eigenvalue weighted by molar-refractivity contribution is 5.99. The molecule has 1 heterocycles. The Morgan fingerprint density at radius 3 is 2.50 bits per heavy atom. The van der Waals surface area contributed by atoms with Crippen molar-refractivity contribution in [3.63, 3.8) is 0 Å². The van der Waals surface area contributed by atoms with E-state index in [1.54, 1.807) is 24.3 Å². The van der Waals surface area contributed by atoms with E-state index in [1.165, 1.54) is 0 Å². The van der Waals surface area contributed by atoms with Crippen molar-refractivity contribution in [2.45, 2.75) is 27.2 Å². The molecule has 7 heteroatoms. The summed E-state index contributed by atoms with van der Waals surface area (Å²) in [5.41, 5.74) is 3.97. The third kappa shape index (κ3) is 4.62. The zero-order chi connectivity index (χ0) is 20.1. The summed E-state index contributed by atoms with van der Waals surface area (Å²) in [4.78, 5) is 28.7. The lowest BCUT2D eigenvalue weighted by Gasteiger charge is -2.10. The van der Waals surface area contributed by atoms with Crippen LogP contribution < -0.4 is 10.6 Å². The third-order valence-corrected chi connectivity index (χ3v) is 4.25. The number of rotatable bonds is 6. The molecule has 3 rings (SSSR count). The predicted molar refractivity (Wildman–Crippen MR) is 106 cm³/mol. The van der Waals surface area contributed by atoms with Crippen LogP contribution in [-0.2, 0) is 11.2 Å².